The average Bonchev–Trinajstić information content (AvgIpc) is 3.18. The Bertz CT molecular complexity index is 1010. The van der Waals surface area contributed by atoms with Crippen LogP contribution in [-0.2, 0) is 16.1 Å². The molecule has 1 aliphatic heterocycles. The quantitative estimate of drug-likeness (QED) is 0.770. The zero-order chi connectivity index (χ0) is 19.0. The van der Waals surface area contributed by atoms with Gasteiger partial charge in [0.2, 0.25) is 11.8 Å². The molecule has 1 fully saturated rings. The topological polar surface area (TPSA) is 75.4 Å². The van der Waals surface area contributed by atoms with Crippen LogP contribution in [0.4, 0.5) is 5.69 Å². The van der Waals surface area contributed by atoms with Gasteiger partial charge in [-0.1, -0.05) is 29.8 Å². The number of amides is 2. The van der Waals surface area contributed by atoms with E-state index in [-0.39, 0.29) is 24.2 Å². The summed E-state index contributed by atoms with van der Waals surface area (Å²) in [6, 6.07) is 13.5. The normalized spacial score (nSPS) is 16.9. The van der Waals surface area contributed by atoms with Crippen LogP contribution in [0.15, 0.2) is 46.9 Å². The lowest BCUT2D eigenvalue weighted by atomic mass is 10.1. The summed E-state index contributed by atoms with van der Waals surface area (Å²) < 4.78 is 5.50. The number of hydrogen-bond acceptors (Lipinski definition) is 4. The summed E-state index contributed by atoms with van der Waals surface area (Å²) >= 11 is 0. The van der Waals surface area contributed by atoms with Crippen molar-refractivity contribution in [2.75, 3.05) is 11.9 Å². The number of likely N-dealkylation sites (tertiary alicyclic amines) is 1. The van der Waals surface area contributed by atoms with Gasteiger partial charge in [-0.05, 0) is 24.6 Å². The van der Waals surface area contributed by atoms with Crippen molar-refractivity contribution in [2.24, 2.45) is 5.92 Å². The molecule has 0 bridgehead atoms. The van der Waals surface area contributed by atoms with Crippen LogP contribution in [0.25, 0.3) is 11.1 Å². The summed E-state index contributed by atoms with van der Waals surface area (Å²) in [6.45, 7) is 4.78. The minimum atomic E-state index is -0.352. The van der Waals surface area contributed by atoms with E-state index in [9.17, 15) is 9.59 Å². The molecule has 1 saturated heterocycles. The van der Waals surface area contributed by atoms with Crippen molar-refractivity contribution in [3.8, 4) is 0 Å². The van der Waals surface area contributed by atoms with Crippen molar-refractivity contribution in [2.45, 2.75) is 26.8 Å². The standard InChI is InChI=1S/C21H21N3O3/c1-13-3-5-15(6-4-13)11-24-12-16(9-20(24)25)21(26)23-17-7-8-18-19(10-17)27-14(2)22-18/h3-8,10,16H,9,11-12H2,1-2H3,(H,23,26). The van der Waals surface area contributed by atoms with Crippen LogP contribution in [0.3, 0.4) is 0 Å². The Kier molecular flexibility index (Phi) is 4.39. The average molecular weight is 363 g/mol. The number of anilines is 1. The monoisotopic (exact) mass is 363 g/mol. The predicted molar refractivity (Wildman–Crippen MR) is 102 cm³/mol. The van der Waals surface area contributed by atoms with E-state index in [0.29, 0.717) is 30.3 Å². The van der Waals surface area contributed by atoms with Gasteiger partial charge in [0.25, 0.3) is 0 Å². The van der Waals surface area contributed by atoms with Crippen LogP contribution in [0.1, 0.15) is 23.4 Å². The number of aromatic nitrogens is 1. The van der Waals surface area contributed by atoms with Gasteiger partial charge in [0.15, 0.2) is 11.5 Å². The first-order valence-corrected chi connectivity index (χ1v) is 8.99. The number of benzene rings is 2. The lowest BCUT2D eigenvalue weighted by Gasteiger charge is -2.17. The highest BCUT2D eigenvalue weighted by Crippen LogP contribution is 2.24. The van der Waals surface area contributed by atoms with E-state index >= 15 is 0 Å². The Balaban J connectivity index is 1.41. The minimum Gasteiger partial charge on any atom is -0.441 e. The molecule has 1 aliphatic rings. The Hall–Kier alpha value is -3.15. The molecule has 3 aromatic rings. The van der Waals surface area contributed by atoms with Crippen molar-refractivity contribution in [3.05, 3.63) is 59.5 Å². The van der Waals surface area contributed by atoms with E-state index in [1.165, 1.54) is 5.56 Å². The zero-order valence-corrected chi connectivity index (χ0v) is 15.4. The Labute approximate surface area is 157 Å². The number of fused-ring (bicyclic) bond motifs is 1. The summed E-state index contributed by atoms with van der Waals surface area (Å²) in [4.78, 5) is 30.9. The fourth-order valence-corrected chi connectivity index (χ4v) is 3.38. The van der Waals surface area contributed by atoms with Gasteiger partial charge in [-0.15, -0.1) is 0 Å². The van der Waals surface area contributed by atoms with Crippen molar-refractivity contribution in [1.29, 1.82) is 0 Å². The Morgan fingerprint density at radius 1 is 1.22 bits per heavy atom. The summed E-state index contributed by atoms with van der Waals surface area (Å²) in [6.07, 6.45) is 0.237. The molecule has 2 aromatic carbocycles. The molecule has 0 aliphatic carbocycles. The molecule has 0 spiro atoms. The molecule has 2 amide bonds. The number of oxazole rings is 1. The molecule has 1 N–H and O–H groups in total. The van der Waals surface area contributed by atoms with Crippen LogP contribution in [0.2, 0.25) is 0 Å². The molecular weight excluding hydrogens is 342 g/mol. The molecule has 138 valence electrons. The molecule has 1 aromatic heterocycles. The third-order valence-electron chi connectivity index (χ3n) is 4.84. The number of aryl methyl sites for hydroxylation is 2. The highest BCUT2D eigenvalue weighted by Gasteiger charge is 2.34. The first-order valence-electron chi connectivity index (χ1n) is 8.99. The van der Waals surface area contributed by atoms with E-state index in [1.807, 2.05) is 37.3 Å². The van der Waals surface area contributed by atoms with Crippen LogP contribution in [-0.4, -0.2) is 28.2 Å². The van der Waals surface area contributed by atoms with Crippen LogP contribution in [0.5, 0.6) is 0 Å². The first kappa shape index (κ1) is 17.3. The minimum absolute atomic E-state index is 0.0111. The fourth-order valence-electron chi connectivity index (χ4n) is 3.38. The van der Waals surface area contributed by atoms with Gasteiger partial charge < -0.3 is 14.6 Å². The summed E-state index contributed by atoms with van der Waals surface area (Å²) in [5, 5.41) is 2.89. The van der Waals surface area contributed by atoms with Crippen LogP contribution < -0.4 is 5.32 Å². The Morgan fingerprint density at radius 2 is 2.00 bits per heavy atom. The van der Waals surface area contributed by atoms with E-state index in [0.717, 1.165) is 11.1 Å². The van der Waals surface area contributed by atoms with Crippen molar-refractivity contribution >= 4 is 28.6 Å². The van der Waals surface area contributed by atoms with Gasteiger partial charge in [0, 0.05) is 38.2 Å². The van der Waals surface area contributed by atoms with E-state index in [4.69, 9.17) is 4.42 Å². The van der Waals surface area contributed by atoms with Crippen LogP contribution >= 0.6 is 0 Å². The first-order chi connectivity index (χ1) is 13.0. The number of carbonyl (C=O) groups is 2. The van der Waals surface area contributed by atoms with Gasteiger partial charge in [-0.3, -0.25) is 9.59 Å². The maximum Gasteiger partial charge on any atom is 0.229 e. The largest absolute Gasteiger partial charge is 0.441 e. The van der Waals surface area contributed by atoms with E-state index in [1.54, 1.807) is 24.0 Å². The van der Waals surface area contributed by atoms with Gasteiger partial charge in [0.05, 0.1) is 5.92 Å². The molecule has 6 nitrogen and oxygen atoms in total. The van der Waals surface area contributed by atoms with Gasteiger partial charge in [0.1, 0.15) is 5.52 Å². The number of rotatable bonds is 4. The molecular formula is C21H21N3O3. The number of nitrogens with zero attached hydrogens (tertiary/aromatic N) is 2. The third-order valence-corrected chi connectivity index (χ3v) is 4.84. The van der Waals surface area contributed by atoms with Gasteiger partial charge in [-0.2, -0.15) is 0 Å². The molecule has 1 atom stereocenters. The van der Waals surface area contributed by atoms with Gasteiger partial charge >= 0.3 is 0 Å². The SMILES string of the molecule is Cc1ccc(CN2CC(C(=O)Nc3ccc4nc(C)oc4c3)CC2=O)cc1. The molecule has 1 unspecified atom stereocenters. The van der Waals surface area contributed by atoms with Crippen molar-refractivity contribution in [3.63, 3.8) is 0 Å². The Morgan fingerprint density at radius 3 is 2.78 bits per heavy atom. The second kappa shape index (κ2) is 6.87. The number of hydrogen-bond donors (Lipinski definition) is 1. The molecule has 2 heterocycles. The third kappa shape index (κ3) is 3.69. The fraction of sp³-hybridized carbons (Fsp3) is 0.286. The van der Waals surface area contributed by atoms with Crippen LogP contribution in [0, 0.1) is 19.8 Å². The number of nitrogens with one attached hydrogen (secondary N) is 1. The highest BCUT2D eigenvalue weighted by atomic mass is 16.3. The predicted octanol–water partition coefficient (Wildman–Crippen LogP) is 3.43. The summed E-state index contributed by atoms with van der Waals surface area (Å²) in [5.74, 6) is 0.0964. The molecule has 4 rings (SSSR count). The van der Waals surface area contributed by atoms with E-state index < -0.39 is 0 Å². The maximum absolute atomic E-state index is 12.6. The molecule has 6 heteroatoms. The van der Waals surface area contributed by atoms with Crippen molar-refractivity contribution in [1.82, 2.24) is 9.88 Å². The second-order valence-electron chi connectivity index (χ2n) is 7.07. The lowest BCUT2D eigenvalue weighted by molar-refractivity contribution is -0.128. The smallest absolute Gasteiger partial charge is 0.229 e. The van der Waals surface area contributed by atoms with E-state index in [2.05, 4.69) is 10.3 Å². The molecule has 27 heavy (non-hydrogen) atoms. The highest BCUT2D eigenvalue weighted by molar-refractivity contribution is 5.98. The number of carbonyl (C=O) groups excluding carboxylic acids is 2. The summed E-state index contributed by atoms with van der Waals surface area (Å²) in [7, 11) is 0. The van der Waals surface area contributed by atoms with Crippen molar-refractivity contribution < 1.29 is 14.0 Å². The zero-order valence-electron chi connectivity index (χ0n) is 15.4. The summed E-state index contributed by atoms with van der Waals surface area (Å²) in [5.41, 5.74) is 4.29. The second-order valence-corrected chi connectivity index (χ2v) is 7.07. The molecule has 0 saturated carbocycles. The maximum atomic E-state index is 12.6. The van der Waals surface area contributed by atoms with Gasteiger partial charge in [-0.25, -0.2) is 4.98 Å². The molecule has 0 radical (unpaired) electrons. The lowest BCUT2D eigenvalue weighted by Crippen LogP contribution is -2.28.